The van der Waals surface area contributed by atoms with E-state index in [0.29, 0.717) is 34.6 Å². The number of hydrogen-bond donors (Lipinski definition) is 0. The summed E-state index contributed by atoms with van der Waals surface area (Å²) in [6.07, 6.45) is 0. The van der Waals surface area contributed by atoms with E-state index in [4.69, 9.17) is 23.2 Å². The molecule has 0 N–H and O–H groups in total. The van der Waals surface area contributed by atoms with Crippen LogP contribution in [0, 0.1) is 0 Å². The SMILES string of the molecule is CC(C)c1ccc(N2CCN(C(=O)c3ccc(Cl)cc3Cl)C(C)C2=O)cc1. The van der Waals surface area contributed by atoms with Gasteiger partial charge in [0.2, 0.25) is 5.91 Å². The van der Waals surface area contributed by atoms with Gasteiger partial charge in [-0.1, -0.05) is 49.2 Å². The van der Waals surface area contributed by atoms with Crippen molar-refractivity contribution in [3.05, 3.63) is 63.6 Å². The smallest absolute Gasteiger partial charge is 0.256 e. The summed E-state index contributed by atoms with van der Waals surface area (Å²) in [4.78, 5) is 29.1. The topological polar surface area (TPSA) is 40.6 Å². The summed E-state index contributed by atoms with van der Waals surface area (Å²) in [5.41, 5.74) is 2.44. The Kier molecular flexibility index (Phi) is 5.78. The highest BCUT2D eigenvalue weighted by atomic mass is 35.5. The maximum Gasteiger partial charge on any atom is 0.256 e. The summed E-state index contributed by atoms with van der Waals surface area (Å²) >= 11 is 12.1. The highest BCUT2D eigenvalue weighted by Gasteiger charge is 2.35. The van der Waals surface area contributed by atoms with Crippen molar-refractivity contribution in [1.82, 2.24) is 4.90 Å². The van der Waals surface area contributed by atoms with Crippen LogP contribution in [0.3, 0.4) is 0 Å². The van der Waals surface area contributed by atoms with E-state index in [-0.39, 0.29) is 11.8 Å². The van der Waals surface area contributed by atoms with Crippen molar-refractivity contribution in [3.63, 3.8) is 0 Å². The predicted octanol–water partition coefficient (Wildman–Crippen LogP) is 4.99. The van der Waals surface area contributed by atoms with Crippen LogP contribution in [0.2, 0.25) is 10.0 Å². The average molecular weight is 405 g/mol. The van der Waals surface area contributed by atoms with Gasteiger partial charge in [-0.15, -0.1) is 0 Å². The van der Waals surface area contributed by atoms with E-state index in [0.717, 1.165) is 5.69 Å². The standard InChI is InChI=1S/C21H22Cl2N2O2/c1-13(2)15-4-7-17(8-5-15)25-11-10-24(14(3)20(25)26)21(27)18-9-6-16(22)12-19(18)23/h4-9,12-14H,10-11H2,1-3H3. The number of carbonyl (C=O) groups is 2. The minimum Gasteiger partial charge on any atom is -0.325 e. The van der Waals surface area contributed by atoms with Crippen molar-refractivity contribution in [2.45, 2.75) is 32.7 Å². The van der Waals surface area contributed by atoms with Crippen LogP contribution in [0.1, 0.15) is 42.6 Å². The molecule has 27 heavy (non-hydrogen) atoms. The molecule has 2 amide bonds. The molecule has 6 heteroatoms. The third-order valence-electron chi connectivity index (χ3n) is 4.95. The van der Waals surface area contributed by atoms with Gasteiger partial charge < -0.3 is 9.80 Å². The molecule has 142 valence electrons. The molecule has 2 aromatic carbocycles. The van der Waals surface area contributed by atoms with Gasteiger partial charge in [0.15, 0.2) is 0 Å². The molecule has 1 heterocycles. The molecule has 1 saturated heterocycles. The van der Waals surface area contributed by atoms with Crippen molar-refractivity contribution in [1.29, 1.82) is 0 Å². The van der Waals surface area contributed by atoms with Gasteiger partial charge in [0, 0.05) is 23.8 Å². The lowest BCUT2D eigenvalue weighted by Gasteiger charge is -2.39. The lowest BCUT2D eigenvalue weighted by molar-refractivity contribution is -0.124. The summed E-state index contributed by atoms with van der Waals surface area (Å²) in [6.45, 7) is 6.90. The molecule has 0 radical (unpaired) electrons. The zero-order valence-electron chi connectivity index (χ0n) is 15.6. The lowest BCUT2D eigenvalue weighted by Crippen LogP contribution is -2.57. The zero-order valence-corrected chi connectivity index (χ0v) is 17.1. The number of amides is 2. The van der Waals surface area contributed by atoms with Crippen LogP contribution >= 0.6 is 23.2 Å². The van der Waals surface area contributed by atoms with Crippen molar-refractivity contribution < 1.29 is 9.59 Å². The normalized spacial score (nSPS) is 17.6. The third kappa shape index (κ3) is 3.97. The first-order valence-electron chi connectivity index (χ1n) is 8.97. The van der Waals surface area contributed by atoms with E-state index in [1.807, 2.05) is 24.3 Å². The molecule has 0 bridgehead atoms. The monoisotopic (exact) mass is 404 g/mol. The number of benzene rings is 2. The van der Waals surface area contributed by atoms with Crippen LogP contribution in [-0.4, -0.2) is 35.8 Å². The van der Waals surface area contributed by atoms with Crippen LogP contribution in [0.15, 0.2) is 42.5 Å². The van der Waals surface area contributed by atoms with Crippen molar-refractivity contribution >= 4 is 40.7 Å². The minimum absolute atomic E-state index is 0.100. The Morgan fingerprint density at radius 2 is 1.74 bits per heavy atom. The predicted molar refractivity (Wildman–Crippen MR) is 110 cm³/mol. The maximum atomic E-state index is 12.9. The molecule has 0 saturated carbocycles. The lowest BCUT2D eigenvalue weighted by atomic mass is 10.0. The largest absolute Gasteiger partial charge is 0.325 e. The molecule has 1 fully saturated rings. The van der Waals surface area contributed by atoms with Gasteiger partial charge in [-0.3, -0.25) is 9.59 Å². The third-order valence-corrected chi connectivity index (χ3v) is 5.50. The fourth-order valence-electron chi connectivity index (χ4n) is 3.26. The van der Waals surface area contributed by atoms with E-state index in [2.05, 4.69) is 13.8 Å². The number of nitrogens with zero attached hydrogens (tertiary/aromatic N) is 2. The van der Waals surface area contributed by atoms with Gasteiger partial charge in [-0.05, 0) is 48.7 Å². The second-order valence-electron chi connectivity index (χ2n) is 7.03. The average Bonchev–Trinajstić information content (AvgIpc) is 2.63. The highest BCUT2D eigenvalue weighted by molar-refractivity contribution is 6.36. The second kappa shape index (κ2) is 7.91. The fourth-order valence-corrected chi connectivity index (χ4v) is 3.75. The quantitative estimate of drug-likeness (QED) is 0.722. The first kappa shape index (κ1) is 19.7. The second-order valence-corrected chi connectivity index (χ2v) is 7.88. The molecule has 1 aliphatic heterocycles. The zero-order chi connectivity index (χ0) is 19.7. The van der Waals surface area contributed by atoms with Crippen LogP contribution < -0.4 is 4.90 Å². The molecular formula is C21H22Cl2N2O2. The van der Waals surface area contributed by atoms with E-state index >= 15 is 0 Å². The van der Waals surface area contributed by atoms with Crippen LogP contribution in [0.25, 0.3) is 0 Å². The molecule has 3 rings (SSSR count). The fraction of sp³-hybridized carbons (Fsp3) is 0.333. The molecule has 0 spiro atoms. The number of hydrogen-bond acceptors (Lipinski definition) is 2. The molecule has 2 aromatic rings. The minimum atomic E-state index is -0.567. The van der Waals surface area contributed by atoms with E-state index in [1.165, 1.54) is 11.6 Å². The molecule has 1 atom stereocenters. The first-order valence-corrected chi connectivity index (χ1v) is 9.72. The summed E-state index contributed by atoms with van der Waals surface area (Å²) in [7, 11) is 0. The summed E-state index contributed by atoms with van der Waals surface area (Å²) in [5.74, 6) is 0.0802. The van der Waals surface area contributed by atoms with E-state index in [1.54, 1.807) is 28.9 Å². The molecule has 1 aliphatic rings. The van der Waals surface area contributed by atoms with Gasteiger partial charge in [-0.2, -0.15) is 0 Å². The molecule has 0 aromatic heterocycles. The number of piperazine rings is 1. The van der Waals surface area contributed by atoms with Gasteiger partial charge in [-0.25, -0.2) is 0 Å². The molecule has 1 unspecified atom stereocenters. The Balaban J connectivity index is 1.78. The van der Waals surface area contributed by atoms with Crippen LogP contribution in [0.4, 0.5) is 5.69 Å². The summed E-state index contributed by atoms with van der Waals surface area (Å²) in [5, 5.41) is 0.759. The Bertz CT molecular complexity index is 865. The first-order chi connectivity index (χ1) is 12.8. The van der Waals surface area contributed by atoms with Crippen LogP contribution in [-0.2, 0) is 4.79 Å². The number of anilines is 1. The van der Waals surface area contributed by atoms with Crippen molar-refractivity contribution in [2.75, 3.05) is 18.0 Å². The van der Waals surface area contributed by atoms with E-state index < -0.39 is 6.04 Å². The number of rotatable bonds is 3. The van der Waals surface area contributed by atoms with Crippen LogP contribution in [0.5, 0.6) is 0 Å². The highest BCUT2D eigenvalue weighted by Crippen LogP contribution is 2.27. The van der Waals surface area contributed by atoms with Crippen molar-refractivity contribution in [3.8, 4) is 0 Å². The molecular weight excluding hydrogens is 383 g/mol. The number of carbonyl (C=O) groups excluding carboxylic acids is 2. The van der Waals surface area contributed by atoms with Crippen molar-refractivity contribution in [2.24, 2.45) is 0 Å². The number of halogens is 2. The van der Waals surface area contributed by atoms with Gasteiger partial charge in [0.05, 0.1) is 10.6 Å². The van der Waals surface area contributed by atoms with E-state index in [9.17, 15) is 9.59 Å². The Labute approximate surface area is 169 Å². The maximum absolute atomic E-state index is 12.9. The van der Waals surface area contributed by atoms with Gasteiger partial charge in [0.25, 0.3) is 5.91 Å². The summed E-state index contributed by atoms with van der Waals surface area (Å²) in [6, 6.07) is 12.2. The molecule has 0 aliphatic carbocycles. The molecule has 4 nitrogen and oxygen atoms in total. The summed E-state index contributed by atoms with van der Waals surface area (Å²) < 4.78 is 0. The Morgan fingerprint density at radius 1 is 1.07 bits per heavy atom. The Hall–Kier alpha value is -2.04. The Morgan fingerprint density at radius 3 is 2.33 bits per heavy atom. The van der Waals surface area contributed by atoms with Gasteiger partial charge >= 0.3 is 0 Å². The van der Waals surface area contributed by atoms with Gasteiger partial charge in [0.1, 0.15) is 6.04 Å².